The third kappa shape index (κ3) is 8.85. The van der Waals surface area contributed by atoms with Crippen molar-refractivity contribution in [3.8, 4) is 0 Å². The van der Waals surface area contributed by atoms with Gasteiger partial charge in [0.25, 0.3) is 0 Å². The molecule has 2 unspecified atom stereocenters. The van der Waals surface area contributed by atoms with Crippen molar-refractivity contribution in [2.24, 2.45) is 0 Å². The third-order valence-electron chi connectivity index (χ3n) is 2.21. The molecular weight excluding hydrogens is 190 g/mol. The molecule has 0 aromatic heterocycles. The fraction of sp³-hybridized carbons (Fsp3) is 1.00. The minimum Gasteiger partial charge on any atom is -0.379 e. The molecule has 15 heavy (non-hydrogen) atoms. The first-order chi connectivity index (χ1) is 7.24. The second kappa shape index (κ2) is 10.4. The standard InChI is InChI=1S/C12H27NO2/c1-5-8-12(9-13-6-2)15-11(4)10-14-7-3/h11-13H,5-10H2,1-4H3. The van der Waals surface area contributed by atoms with Gasteiger partial charge in [-0.25, -0.2) is 0 Å². The predicted octanol–water partition coefficient (Wildman–Crippen LogP) is 2.21. The van der Waals surface area contributed by atoms with Crippen molar-refractivity contribution < 1.29 is 9.47 Å². The van der Waals surface area contributed by atoms with Crippen LogP contribution in [0.2, 0.25) is 0 Å². The predicted molar refractivity (Wildman–Crippen MR) is 64.3 cm³/mol. The van der Waals surface area contributed by atoms with Gasteiger partial charge in [0.1, 0.15) is 0 Å². The number of rotatable bonds is 10. The topological polar surface area (TPSA) is 30.5 Å². The molecule has 1 N–H and O–H groups in total. The molecule has 0 rings (SSSR count). The Hall–Kier alpha value is -0.120. The van der Waals surface area contributed by atoms with Crippen LogP contribution in [0, 0.1) is 0 Å². The van der Waals surface area contributed by atoms with E-state index in [0.29, 0.717) is 12.7 Å². The minimum absolute atomic E-state index is 0.195. The molecule has 0 heterocycles. The van der Waals surface area contributed by atoms with Gasteiger partial charge in [-0.1, -0.05) is 20.3 Å². The normalized spacial score (nSPS) is 15.2. The molecule has 0 amide bonds. The number of likely N-dealkylation sites (N-methyl/N-ethyl adjacent to an activating group) is 1. The summed E-state index contributed by atoms with van der Waals surface area (Å²) in [5, 5.41) is 3.33. The number of hydrogen-bond donors (Lipinski definition) is 1. The van der Waals surface area contributed by atoms with Gasteiger partial charge < -0.3 is 14.8 Å². The number of nitrogens with one attached hydrogen (secondary N) is 1. The van der Waals surface area contributed by atoms with Crippen LogP contribution < -0.4 is 5.32 Å². The highest BCUT2D eigenvalue weighted by Gasteiger charge is 2.11. The van der Waals surface area contributed by atoms with E-state index in [1.807, 2.05) is 6.92 Å². The van der Waals surface area contributed by atoms with Crippen molar-refractivity contribution in [1.29, 1.82) is 0 Å². The highest BCUT2D eigenvalue weighted by atomic mass is 16.5. The van der Waals surface area contributed by atoms with Crippen LogP contribution in [0.4, 0.5) is 0 Å². The lowest BCUT2D eigenvalue weighted by molar-refractivity contribution is -0.0481. The van der Waals surface area contributed by atoms with E-state index in [2.05, 4.69) is 26.1 Å². The summed E-state index contributed by atoms with van der Waals surface area (Å²) in [5.41, 5.74) is 0. The van der Waals surface area contributed by atoms with E-state index in [1.165, 1.54) is 0 Å². The summed E-state index contributed by atoms with van der Waals surface area (Å²) in [6.07, 6.45) is 2.80. The van der Waals surface area contributed by atoms with Gasteiger partial charge in [0.05, 0.1) is 18.8 Å². The summed E-state index contributed by atoms with van der Waals surface area (Å²) < 4.78 is 11.2. The van der Waals surface area contributed by atoms with Crippen molar-refractivity contribution in [3.63, 3.8) is 0 Å². The quantitative estimate of drug-likeness (QED) is 0.608. The van der Waals surface area contributed by atoms with Crippen LogP contribution in [0.5, 0.6) is 0 Å². The molecule has 0 bridgehead atoms. The van der Waals surface area contributed by atoms with Crippen molar-refractivity contribution in [2.75, 3.05) is 26.3 Å². The summed E-state index contributed by atoms with van der Waals surface area (Å²) in [5.74, 6) is 0. The van der Waals surface area contributed by atoms with E-state index >= 15 is 0 Å². The van der Waals surface area contributed by atoms with Crippen molar-refractivity contribution in [2.45, 2.75) is 52.7 Å². The Kier molecular flexibility index (Phi) is 10.3. The van der Waals surface area contributed by atoms with Crippen LogP contribution in [0.25, 0.3) is 0 Å². The molecule has 0 spiro atoms. The smallest absolute Gasteiger partial charge is 0.0784 e. The van der Waals surface area contributed by atoms with Gasteiger partial charge in [-0.3, -0.25) is 0 Å². The molecule has 0 saturated heterocycles. The summed E-state index contributed by atoms with van der Waals surface area (Å²) in [6.45, 7) is 11.8. The Morgan fingerprint density at radius 2 is 1.93 bits per heavy atom. The van der Waals surface area contributed by atoms with Crippen LogP contribution in [0.15, 0.2) is 0 Å². The Morgan fingerprint density at radius 3 is 2.47 bits per heavy atom. The molecule has 0 aromatic rings. The van der Waals surface area contributed by atoms with Gasteiger partial charge in [0, 0.05) is 13.2 Å². The van der Waals surface area contributed by atoms with E-state index in [0.717, 1.165) is 32.5 Å². The van der Waals surface area contributed by atoms with Crippen LogP contribution in [0.3, 0.4) is 0 Å². The fourth-order valence-corrected chi connectivity index (χ4v) is 1.50. The SMILES string of the molecule is CCCC(CNCC)OC(C)COCC. The van der Waals surface area contributed by atoms with Gasteiger partial charge >= 0.3 is 0 Å². The molecule has 0 saturated carbocycles. The Labute approximate surface area is 94.5 Å². The summed E-state index contributed by atoms with van der Waals surface area (Å²) in [6, 6.07) is 0. The lowest BCUT2D eigenvalue weighted by Gasteiger charge is -2.22. The average Bonchev–Trinajstić information content (AvgIpc) is 2.23. The van der Waals surface area contributed by atoms with E-state index in [9.17, 15) is 0 Å². The fourth-order valence-electron chi connectivity index (χ4n) is 1.50. The highest BCUT2D eigenvalue weighted by Crippen LogP contribution is 2.05. The van der Waals surface area contributed by atoms with E-state index < -0.39 is 0 Å². The Bertz CT molecular complexity index is 131. The van der Waals surface area contributed by atoms with Crippen LogP contribution >= 0.6 is 0 Å². The first-order valence-corrected chi connectivity index (χ1v) is 6.18. The molecule has 92 valence electrons. The van der Waals surface area contributed by atoms with Crippen molar-refractivity contribution in [1.82, 2.24) is 5.32 Å². The molecule has 2 atom stereocenters. The zero-order valence-electron chi connectivity index (χ0n) is 10.7. The minimum atomic E-state index is 0.195. The average molecular weight is 217 g/mol. The summed E-state index contributed by atoms with van der Waals surface area (Å²) >= 11 is 0. The van der Waals surface area contributed by atoms with E-state index in [1.54, 1.807) is 0 Å². The van der Waals surface area contributed by atoms with Gasteiger partial charge in [-0.05, 0) is 26.8 Å². The number of ether oxygens (including phenoxy) is 2. The monoisotopic (exact) mass is 217 g/mol. The molecule has 0 radical (unpaired) electrons. The molecule has 0 aliphatic rings. The molecule has 3 heteroatoms. The van der Waals surface area contributed by atoms with Crippen molar-refractivity contribution >= 4 is 0 Å². The maximum Gasteiger partial charge on any atom is 0.0784 e. The second-order valence-corrected chi connectivity index (χ2v) is 3.82. The second-order valence-electron chi connectivity index (χ2n) is 3.82. The molecule has 0 fully saturated rings. The van der Waals surface area contributed by atoms with E-state index in [-0.39, 0.29) is 6.10 Å². The van der Waals surface area contributed by atoms with E-state index in [4.69, 9.17) is 9.47 Å². The zero-order valence-corrected chi connectivity index (χ0v) is 10.7. The van der Waals surface area contributed by atoms with Crippen LogP contribution in [-0.2, 0) is 9.47 Å². The van der Waals surface area contributed by atoms with Crippen LogP contribution in [-0.4, -0.2) is 38.5 Å². The highest BCUT2D eigenvalue weighted by molar-refractivity contribution is 4.63. The van der Waals surface area contributed by atoms with Gasteiger partial charge in [0.15, 0.2) is 0 Å². The molecule has 0 aliphatic heterocycles. The molecular formula is C12H27NO2. The lowest BCUT2D eigenvalue weighted by atomic mass is 10.2. The molecule has 0 aliphatic carbocycles. The Morgan fingerprint density at radius 1 is 1.20 bits per heavy atom. The maximum absolute atomic E-state index is 5.91. The number of hydrogen-bond acceptors (Lipinski definition) is 3. The Balaban J connectivity index is 3.70. The van der Waals surface area contributed by atoms with Crippen LogP contribution in [0.1, 0.15) is 40.5 Å². The van der Waals surface area contributed by atoms with Gasteiger partial charge in [-0.2, -0.15) is 0 Å². The van der Waals surface area contributed by atoms with Crippen molar-refractivity contribution in [3.05, 3.63) is 0 Å². The first-order valence-electron chi connectivity index (χ1n) is 6.18. The summed E-state index contributed by atoms with van der Waals surface area (Å²) in [7, 11) is 0. The largest absolute Gasteiger partial charge is 0.379 e. The maximum atomic E-state index is 5.91. The molecule has 0 aromatic carbocycles. The van der Waals surface area contributed by atoms with Gasteiger partial charge in [0.2, 0.25) is 0 Å². The summed E-state index contributed by atoms with van der Waals surface area (Å²) in [4.78, 5) is 0. The third-order valence-corrected chi connectivity index (χ3v) is 2.21. The molecule has 3 nitrogen and oxygen atoms in total. The first kappa shape index (κ1) is 14.9. The zero-order chi connectivity index (χ0) is 11.5. The lowest BCUT2D eigenvalue weighted by Crippen LogP contribution is -2.33. The van der Waals surface area contributed by atoms with Gasteiger partial charge in [-0.15, -0.1) is 0 Å².